The molecule has 2 aromatic rings. The van der Waals surface area contributed by atoms with Crippen LogP contribution in [0.2, 0.25) is 5.02 Å². The van der Waals surface area contributed by atoms with Crippen LogP contribution in [0.5, 0.6) is 17.2 Å². The predicted octanol–water partition coefficient (Wildman–Crippen LogP) is 3.09. The van der Waals surface area contributed by atoms with Crippen LogP contribution in [0.4, 0.5) is 0 Å². The van der Waals surface area contributed by atoms with E-state index in [2.05, 4.69) is 5.32 Å². The second-order valence-corrected chi connectivity index (χ2v) is 5.44. The van der Waals surface area contributed by atoms with E-state index < -0.39 is 0 Å². The maximum Gasteiger partial charge on any atom is 0.224 e. The Labute approximate surface area is 146 Å². The molecule has 0 saturated heterocycles. The highest BCUT2D eigenvalue weighted by atomic mass is 35.5. The van der Waals surface area contributed by atoms with Crippen LogP contribution < -0.4 is 19.5 Å². The molecule has 0 aliphatic heterocycles. The van der Waals surface area contributed by atoms with E-state index >= 15 is 0 Å². The van der Waals surface area contributed by atoms with Crippen molar-refractivity contribution >= 4 is 17.5 Å². The molecule has 0 unspecified atom stereocenters. The van der Waals surface area contributed by atoms with Gasteiger partial charge in [-0.3, -0.25) is 4.79 Å². The molecule has 0 radical (unpaired) electrons. The minimum absolute atomic E-state index is 0.110. The molecule has 1 N–H and O–H groups in total. The number of amides is 1. The lowest BCUT2D eigenvalue weighted by molar-refractivity contribution is -0.120. The Morgan fingerprint density at radius 3 is 2.42 bits per heavy atom. The van der Waals surface area contributed by atoms with E-state index in [0.29, 0.717) is 35.4 Å². The molecule has 0 atom stereocenters. The summed E-state index contributed by atoms with van der Waals surface area (Å²) in [4.78, 5) is 12.1. The summed E-state index contributed by atoms with van der Waals surface area (Å²) in [5.74, 6) is 1.94. The van der Waals surface area contributed by atoms with E-state index in [1.54, 1.807) is 56.7 Å². The number of benzene rings is 2. The molecule has 6 heteroatoms. The molecule has 0 fully saturated rings. The standard InChI is InChI=1S/C18H20ClNO4/c1-22-16-7-8-17(23-2)13(11-16)12-18(21)20-9-10-24-15-5-3-14(19)4-6-15/h3-8,11H,9-10,12H2,1-2H3,(H,20,21). The number of hydrogen-bond donors (Lipinski definition) is 1. The Balaban J connectivity index is 1.80. The fraction of sp³-hybridized carbons (Fsp3) is 0.278. The topological polar surface area (TPSA) is 56.8 Å². The summed E-state index contributed by atoms with van der Waals surface area (Å²) in [6, 6.07) is 12.4. The van der Waals surface area contributed by atoms with Crippen LogP contribution >= 0.6 is 11.6 Å². The third kappa shape index (κ3) is 5.35. The molecule has 1 amide bonds. The second-order valence-electron chi connectivity index (χ2n) is 5.01. The zero-order chi connectivity index (χ0) is 17.4. The second kappa shape index (κ2) is 9.03. The molecular formula is C18H20ClNO4. The van der Waals surface area contributed by atoms with E-state index in [1.807, 2.05) is 0 Å². The third-order valence-electron chi connectivity index (χ3n) is 3.35. The first-order valence-electron chi connectivity index (χ1n) is 7.48. The molecule has 2 rings (SSSR count). The van der Waals surface area contributed by atoms with Gasteiger partial charge in [0.15, 0.2) is 0 Å². The highest BCUT2D eigenvalue weighted by molar-refractivity contribution is 6.30. The highest BCUT2D eigenvalue weighted by Crippen LogP contribution is 2.24. The number of ether oxygens (including phenoxy) is 3. The summed E-state index contributed by atoms with van der Waals surface area (Å²) in [5.41, 5.74) is 0.771. The van der Waals surface area contributed by atoms with E-state index in [1.165, 1.54) is 0 Å². The number of halogens is 1. The lowest BCUT2D eigenvalue weighted by Crippen LogP contribution is -2.29. The molecule has 0 heterocycles. The van der Waals surface area contributed by atoms with Gasteiger partial charge in [0.2, 0.25) is 5.91 Å². The smallest absolute Gasteiger partial charge is 0.224 e. The summed E-state index contributed by atoms with van der Waals surface area (Å²) in [7, 11) is 3.16. The predicted molar refractivity (Wildman–Crippen MR) is 93.2 cm³/mol. The van der Waals surface area contributed by atoms with E-state index in [0.717, 1.165) is 5.56 Å². The fourth-order valence-electron chi connectivity index (χ4n) is 2.15. The Bertz CT molecular complexity index is 673. The number of hydrogen-bond acceptors (Lipinski definition) is 4. The number of methoxy groups -OCH3 is 2. The zero-order valence-corrected chi connectivity index (χ0v) is 14.4. The van der Waals surface area contributed by atoms with Gasteiger partial charge in [-0.25, -0.2) is 0 Å². The van der Waals surface area contributed by atoms with Crippen molar-refractivity contribution in [3.8, 4) is 17.2 Å². The van der Waals surface area contributed by atoms with Crippen LogP contribution in [0.25, 0.3) is 0 Å². The Morgan fingerprint density at radius 1 is 1.04 bits per heavy atom. The van der Waals surface area contributed by atoms with Gasteiger partial charge in [-0.2, -0.15) is 0 Å². The van der Waals surface area contributed by atoms with Crippen LogP contribution in [-0.2, 0) is 11.2 Å². The number of nitrogens with one attached hydrogen (secondary N) is 1. The minimum Gasteiger partial charge on any atom is -0.497 e. The normalized spacial score (nSPS) is 10.1. The Hall–Kier alpha value is -2.40. The van der Waals surface area contributed by atoms with Gasteiger partial charge in [0.1, 0.15) is 23.9 Å². The van der Waals surface area contributed by atoms with Gasteiger partial charge >= 0.3 is 0 Å². The van der Waals surface area contributed by atoms with Crippen LogP contribution in [0.1, 0.15) is 5.56 Å². The molecule has 5 nitrogen and oxygen atoms in total. The summed E-state index contributed by atoms with van der Waals surface area (Å²) < 4.78 is 16.0. The molecule has 24 heavy (non-hydrogen) atoms. The lowest BCUT2D eigenvalue weighted by Gasteiger charge is -2.11. The van der Waals surface area contributed by atoms with E-state index in [4.69, 9.17) is 25.8 Å². The Kier molecular flexibility index (Phi) is 6.75. The molecule has 0 spiro atoms. The molecule has 0 saturated carbocycles. The van der Waals surface area contributed by atoms with Crippen LogP contribution in [-0.4, -0.2) is 33.3 Å². The average molecular weight is 350 g/mol. The molecule has 0 bridgehead atoms. The van der Waals surface area contributed by atoms with Gasteiger partial charge in [0.25, 0.3) is 0 Å². The van der Waals surface area contributed by atoms with Gasteiger partial charge < -0.3 is 19.5 Å². The quantitative estimate of drug-likeness (QED) is 0.744. The van der Waals surface area contributed by atoms with Crippen molar-refractivity contribution in [1.82, 2.24) is 5.32 Å². The monoisotopic (exact) mass is 349 g/mol. The van der Waals surface area contributed by atoms with Crippen molar-refractivity contribution in [1.29, 1.82) is 0 Å². The summed E-state index contributed by atoms with van der Waals surface area (Å²) in [5, 5.41) is 3.47. The highest BCUT2D eigenvalue weighted by Gasteiger charge is 2.10. The van der Waals surface area contributed by atoms with Crippen LogP contribution in [0.15, 0.2) is 42.5 Å². The molecular weight excluding hydrogens is 330 g/mol. The van der Waals surface area contributed by atoms with Crippen molar-refractivity contribution < 1.29 is 19.0 Å². The zero-order valence-electron chi connectivity index (χ0n) is 13.7. The van der Waals surface area contributed by atoms with Crippen LogP contribution in [0.3, 0.4) is 0 Å². The van der Waals surface area contributed by atoms with Crippen molar-refractivity contribution in [2.24, 2.45) is 0 Å². The summed E-state index contributed by atoms with van der Waals surface area (Å²) >= 11 is 5.81. The van der Waals surface area contributed by atoms with Gasteiger partial charge in [0.05, 0.1) is 27.2 Å². The first kappa shape index (κ1) is 17.9. The largest absolute Gasteiger partial charge is 0.497 e. The van der Waals surface area contributed by atoms with Crippen LogP contribution in [0, 0.1) is 0 Å². The number of rotatable bonds is 8. The average Bonchev–Trinajstić information content (AvgIpc) is 2.60. The molecule has 0 aliphatic carbocycles. The fourth-order valence-corrected chi connectivity index (χ4v) is 2.27. The first-order valence-corrected chi connectivity index (χ1v) is 7.86. The van der Waals surface area contributed by atoms with Gasteiger partial charge in [-0.1, -0.05) is 11.6 Å². The lowest BCUT2D eigenvalue weighted by atomic mass is 10.1. The van der Waals surface area contributed by atoms with E-state index in [-0.39, 0.29) is 12.3 Å². The van der Waals surface area contributed by atoms with Gasteiger partial charge in [-0.15, -0.1) is 0 Å². The van der Waals surface area contributed by atoms with Gasteiger partial charge in [0, 0.05) is 10.6 Å². The SMILES string of the molecule is COc1ccc(OC)c(CC(=O)NCCOc2ccc(Cl)cc2)c1. The van der Waals surface area contributed by atoms with Crippen molar-refractivity contribution in [2.45, 2.75) is 6.42 Å². The minimum atomic E-state index is -0.110. The van der Waals surface area contributed by atoms with Crippen molar-refractivity contribution in [2.75, 3.05) is 27.4 Å². The summed E-state index contributed by atoms with van der Waals surface area (Å²) in [6.07, 6.45) is 0.210. The van der Waals surface area contributed by atoms with Crippen molar-refractivity contribution in [3.05, 3.63) is 53.1 Å². The third-order valence-corrected chi connectivity index (χ3v) is 3.60. The summed E-state index contributed by atoms with van der Waals surface area (Å²) in [6.45, 7) is 0.788. The maximum absolute atomic E-state index is 12.1. The van der Waals surface area contributed by atoms with E-state index in [9.17, 15) is 4.79 Å². The maximum atomic E-state index is 12.1. The molecule has 128 valence electrons. The molecule has 0 aliphatic rings. The number of carbonyl (C=O) groups excluding carboxylic acids is 1. The molecule has 2 aromatic carbocycles. The first-order chi connectivity index (χ1) is 11.6. The molecule has 0 aromatic heterocycles. The number of carbonyl (C=O) groups is 1. The van der Waals surface area contributed by atoms with Gasteiger partial charge in [-0.05, 0) is 42.5 Å². The van der Waals surface area contributed by atoms with Crippen molar-refractivity contribution in [3.63, 3.8) is 0 Å². The Morgan fingerprint density at radius 2 is 1.75 bits per heavy atom.